The van der Waals surface area contributed by atoms with Crippen LogP contribution in [0.15, 0.2) is 42.5 Å². The van der Waals surface area contributed by atoms with Gasteiger partial charge in [0.25, 0.3) is 0 Å². The van der Waals surface area contributed by atoms with Crippen LogP contribution in [0.5, 0.6) is 17.2 Å². The molecule has 3 N–H and O–H groups in total. The number of benzene rings is 2. The Morgan fingerprint density at radius 1 is 1.12 bits per heavy atom. The molecule has 132 valence electrons. The molecule has 0 spiro atoms. The fourth-order valence-electron chi connectivity index (χ4n) is 3.33. The number of methoxy groups -OCH3 is 1. The fourth-order valence-corrected chi connectivity index (χ4v) is 3.33. The third kappa shape index (κ3) is 3.56. The predicted octanol–water partition coefficient (Wildman–Crippen LogP) is 1.98. The van der Waals surface area contributed by atoms with Crippen molar-refractivity contribution < 1.29 is 14.2 Å². The Labute approximate surface area is 147 Å². The van der Waals surface area contributed by atoms with E-state index >= 15 is 0 Å². The summed E-state index contributed by atoms with van der Waals surface area (Å²) in [5, 5.41) is 3.56. The normalized spacial score (nSPS) is 21.5. The minimum Gasteiger partial charge on any atom is -0.497 e. The highest BCUT2D eigenvalue weighted by atomic mass is 16.7. The lowest BCUT2D eigenvalue weighted by atomic mass is 9.94. The van der Waals surface area contributed by atoms with Crippen LogP contribution in [-0.4, -0.2) is 27.0 Å². The van der Waals surface area contributed by atoms with Crippen LogP contribution in [0.4, 0.5) is 0 Å². The van der Waals surface area contributed by atoms with Crippen molar-refractivity contribution in [3.63, 3.8) is 0 Å². The average Bonchev–Trinajstić information content (AvgIpc) is 3.30. The van der Waals surface area contributed by atoms with E-state index in [1.165, 1.54) is 11.1 Å². The topological polar surface area (TPSA) is 63.8 Å². The summed E-state index contributed by atoms with van der Waals surface area (Å²) in [5.41, 5.74) is 9.11. The SMILES string of the molecule is COc1ccc(CNCC2CNNC2c2ccc3c(c2)OCO3)cc1. The molecule has 6 heteroatoms. The molecule has 0 aromatic heterocycles. The van der Waals surface area contributed by atoms with Crippen molar-refractivity contribution in [2.45, 2.75) is 12.6 Å². The van der Waals surface area contributed by atoms with Crippen molar-refractivity contribution in [3.05, 3.63) is 53.6 Å². The first-order chi connectivity index (χ1) is 12.3. The van der Waals surface area contributed by atoms with Crippen LogP contribution in [0.3, 0.4) is 0 Å². The van der Waals surface area contributed by atoms with Gasteiger partial charge in [0, 0.05) is 25.6 Å². The Morgan fingerprint density at radius 3 is 2.80 bits per heavy atom. The zero-order valence-electron chi connectivity index (χ0n) is 14.2. The van der Waals surface area contributed by atoms with Gasteiger partial charge in [0.1, 0.15) is 5.75 Å². The maximum atomic E-state index is 5.50. The van der Waals surface area contributed by atoms with Crippen LogP contribution in [0.2, 0.25) is 0 Å². The van der Waals surface area contributed by atoms with Crippen LogP contribution in [0.1, 0.15) is 17.2 Å². The summed E-state index contributed by atoms with van der Waals surface area (Å²) >= 11 is 0. The smallest absolute Gasteiger partial charge is 0.231 e. The zero-order chi connectivity index (χ0) is 17.1. The number of fused-ring (bicyclic) bond motifs is 1. The van der Waals surface area contributed by atoms with E-state index in [4.69, 9.17) is 14.2 Å². The van der Waals surface area contributed by atoms with Gasteiger partial charge < -0.3 is 19.5 Å². The lowest BCUT2D eigenvalue weighted by Gasteiger charge is -2.19. The highest BCUT2D eigenvalue weighted by Crippen LogP contribution is 2.36. The Bertz CT molecular complexity index is 720. The van der Waals surface area contributed by atoms with Crippen LogP contribution < -0.4 is 30.4 Å². The maximum absolute atomic E-state index is 5.50. The Balaban J connectivity index is 1.35. The minimum atomic E-state index is 0.248. The fraction of sp³-hybridized carbons (Fsp3) is 0.368. The Kier molecular flexibility index (Phi) is 4.74. The summed E-state index contributed by atoms with van der Waals surface area (Å²) in [6.07, 6.45) is 0. The summed E-state index contributed by atoms with van der Waals surface area (Å²) in [4.78, 5) is 0. The quantitative estimate of drug-likeness (QED) is 0.747. The van der Waals surface area contributed by atoms with E-state index in [9.17, 15) is 0 Å². The van der Waals surface area contributed by atoms with Gasteiger partial charge in [-0.15, -0.1) is 0 Å². The van der Waals surface area contributed by atoms with Crippen molar-refractivity contribution in [1.29, 1.82) is 0 Å². The van der Waals surface area contributed by atoms with Crippen LogP contribution in [-0.2, 0) is 6.54 Å². The summed E-state index contributed by atoms with van der Waals surface area (Å²) < 4.78 is 16.1. The number of hydrazine groups is 1. The number of nitrogens with one attached hydrogen (secondary N) is 3. The van der Waals surface area contributed by atoms with E-state index in [0.717, 1.165) is 36.9 Å². The molecule has 0 saturated carbocycles. The molecule has 4 rings (SSSR count). The molecule has 0 radical (unpaired) electrons. The molecule has 2 aliphatic rings. The van der Waals surface area contributed by atoms with Gasteiger partial charge in [-0.2, -0.15) is 0 Å². The summed E-state index contributed by atoms with van der Waals surface area (Å²) in [6, 6.07) is 14.6. The Morgan fingerprint density at radius 2 is 1.96 bits per heavy atom. The number of rotatable bonds is 6. The third-order valence-corrected chi connectivity index (χ3v) is 4.74. The standard InChI is InChI=1S/C19H23N3O3/c1-23-16-5-2-13(3-6-16)9-20-10-15-11-21-22-19(15)14-4-7-17-18(8-14)25-12-24-17/h2-8,15,19-22H,9-12H2,1H3. The van der Waals surface area contributed by atoms with Crippen molar-refractivity contribution in [2.24, 2.45) is 5.92 Å². The maximum Gasteiger partial charge on any atom is 0.231 e. The first kappa shape index (κ1) is 16.2. The van der Waals surface area contributed by atoms with Crippen LogP contribution in [0.25, 0.3) is 0 Å². The number of ether oxygens (including phenoxy) is 3. The van der Waals surface area contributed by atoms with Crippen LogP contribution >= 0.6 is 0 Å². The highest BCUT2D eigenvalue weighted by molar-refractivity contribution is 5.45. The summed E-state index contributed by atoms with van der Waals surface area (Å²) in [7, 11) is 1.68. The van der Waals surface area contributed by atoms with E-state index in [1.807, 2.05) is 18.2 Å². The molecule has 0 bridgehead atoms. The molecule has 25 heavy (non-hydrogen) atoms. The zero-order valence-corrected chi connectivity index (χ0v) is 14.2. The summed E-state index contributed by atoms with van der Waals surface area (Å²) in [6.45, 7) is 3.00. The van der Waals surface area contributed by atoms with Gasteiger partial charge in [0.05, 0.1) is 13.2 Å². The number of hydrogen-bond donors (Lipinski definition) is 3. The molecule has 2 atom stereocenters. The number of hydrogen-bond acceptors (Lipinski definition) is 6. The average molecular weight is 341 g/mol. The van der Waals surface area contributed by atoms with E-state index < -0.39 is 0 Å². The van der Waals surface area contributed by atoms with Gasteiger partial charge in [-0.05, 0) is 35.4 Å². The third-order valence-electron chi connectivity index (χ3n) is 4.74. The van der Waals surface area contributed by atoms with Crippen molar-refractivity contribution in [2.75, 3.05) is 27.0 Å². The second-order valence-electron chi connectivity index (χ2n) is 6.35. The lowest BCUT2D eigenvalue weighted by Crippen LogP contribution is -2.28. The molecular formula is C19H23N3O3. The second kappa shape index (κ2) is 7.31. The van der Waals surface area contributed by atoms with Gasteiger partial charge in [-0.25, -0.2) is 5.43 Å². The molecule has 2 aromatic carbocycles. The molecule has 0 aliphatic carbocycles. The molecule has 1 saturated heterocycles. The molecule has 0 amide bonds. The van der Waals surface area contributed by atoms with Crippen molar-refractivity contribution >= 4 is 0 Å². The van der Waals surface area contributed by atoms with Gasteiger partial charge >= 0.3 is 0 Å². The molecule has 1 fully saturated rings. The summed E-state index contributed by atoms with van der Waals surface area (Å²) in [5.74, 6) is 2.99. The first-order valence-corrected chi connectivity index (χ1v) is 8.55. The highest BCUT2D eigenvalue weighted by Gasteiger charge is 2.29. The largest absolute Gasteiger partial charge is 0.497 e. The Hall–Kier alpha value is -2.28. The van der Waals surface area contributed by atoms with Crippen LogP contribution in [0, 0.1) is 5.92 Å². The van der Waals surface area contributed by atoms with Crippen molar-refractivity contribution in [1.82, 2.24) is 16.2 Å². The van der Waals surface area contributed by atoms with Gasteiger partial charge in [0.2, 0.25) is 6.79 Å². The molecule has 2 heterocycles. The monoisotopic (exact) mass is 341 g/mol. The predicted molar refractivity (Wildman–Crippen MR) is 94.6 cm³/mol. The van der Waals surface area contributed by atoms with Gasteiger partial charge in [-0.1, -0.05) is 18.2 Å². The van der Waals surface area contributed by atoms with Gasteiger partial charge in [0.15, 0.2) is 11.5 Å². The molecule has 2 aromatic rings. The molecule has 2 unspecified atom stereocenters. The van der Waals surface area contributed by atoms with Gasteiger partial charge in [-0.3, -0.25) is 5.43 Å². The first-order valence-electron chi connectivity index (χ1n) is 8.55. The molecule has 2 aliphatic heterocycles. The van der Waals surface area contributed by atoms with E-state index in [0.29, 0.717) is 12.7 Å². The molecular weight excluding hydrogens is 318 g/mol. The van der Waals surface area contributed by atoms with E-state index in [-0.39, 0.29) is 6.04 Å². The minimum absolute atomic E-state index is 0.248. The van der Waals surface area contributed by atoms with E-state index in [1.54, 1.807) is 7.11 Å². The van der Waals surface area contributed by atoms with Crippen molar-refractivity contribution in [3.8, 4) is 17.2 Å². The van der Waals surface area contributed by atoms with E-state index in [2.05, 4.69) is 40.4 Å². The lowest BCUT2D eigenvalue weighted by molar-refractivity contribution is 0.174. The molecule has 6 nitrogen and oxygen atoms in total. The second-order valence-corrected chi connectivity index (χ2v) is 6.35.